The first-order chi connectivity index (χ1) is 6.84. The van der Waals surface area contributed by atoms with Gasteiger partial charge in [-0.25, -0.2) is 4.39 Å². The maximum absolute atomic E-state index is 13.0. The fraction of sp³-hybridized carbons (Fsp3) is 1.00. The minimum atomic E-state index is -0.529. The molecule has 2 atom stereocenters. The molecule has 0 aromatic carbocycles. The van der Waals surface area contributed by atoms with Crippen molar-refractivity contribution >= 4 is 0 Å². The Kier molecular flexibility index (Phi) is 3.80. The molecule has 0 spiro atoms. The lowest BCUT2D eigenvalue weighted by molar-refractivity contribution is 0.323. The molecule has 2 saturated carbocycles. The Bertz CT molecular complexity index is 164. The maximum atomic E-state index is 13.0. The molecule has 2 aliphatic rings. The summed E-state index contributed by atoms with van der Waals surface area (Å²) < 4.78 is 13.0. The largest absolute Gasteiger partial charge is 0.311 e. The Morgan fingerprint density at radius 1 is 0.786 bits per heavy atom. The van der Waals surface area contributed by atoms with Crippen LogP contribution in [0.4, 0.5) is 4.39 Å². The minimum absolute atomic E-state index is 0.480. The third-order valence-corrected chi connectivity index (χ3v) is 3.70. The third-order valence-electron chi connectivity index (χ3n) is 3.70. The van der Waals surface area contributed by atoms with Crippen molar-refractivity contribution in [1.82, 2.24) is 5.32 Å². The summed E-state index contributed by atoms with van der Waals surface area (Å²) in [6.45, 7) is 0. The standard InChI is InChI=1S/C12H22FN/c13-10-7-8-12(9-10)14-11-5-3-1-2-4-6-11/h10-12,14H,1-9H2. The zero-order chi connectivity index (χ0) is 9.80. The van der Waals surface area contributed by atoms with Gasteiger partial charge in [0.2, 0.25) is 0 Å². The van der Waals surface area contributed by atoms with Gasteiger partial charge in [0, 0.05) is 12.1 Å². The minimum Gasteiger partial charge on any atom is -0.311 e. The highest BCUT2D eigenvalue weighted by Gasteiger charge is 2.26. The molecular formula is C12H22FN. The van der Waals surface area contributed by atoms with E-state index in [1.807, 2.05) is 0 Å². The van der Waals surface area contributed by atoms with Crippen LogP contribution in [0.3, 0.4) is 0 Å². The zero-order valence-corrected chi connectivity index (χ0v) is 8.97. The van der Waals surface area contributed by atoms with Crippen molar-refractivity contribution < 1.29 is 4.39 Å². The van der Waals surface area contributed by atoms with Gasteiger partial charge in [-0.2, -0.15) is 0 Å². The predicted molar refractivity (Wildman–Crippen MR) is 57.2 cm³/mol. The normalized spacial score (nSPS) is 35.8. The lowest BCUT2D eigenvalue weighted by atomic mass is 10.1. The van der Waals surface area contributed by atoms with Crippen molar-refractivity contribution in [3.8, 4) is 0 Å². The van der Waals surface area contributed by atoms with Gasteiger partial charge in [0.15, 0.2) is 0 Å². The number of nitrogens with one attached hydrogen (secondary N) is 1. The fourth-order valence-corrected chi connectivity index (χ4v) is 2.86. The summed E-state index contributed by atoms with van der Waals surface area (Å²) in [6.07, 6.45) is 10.2. The van der Waals surface area contributed by atoms with E-state index < -0.39 is 6.17 Å². The second-order valence-corrected chi connectivity index (χ2v) is 4.96. The third kappa shape index (κ3) is 2.94. The predicted octanol–water partition coefficient (Wildman–Crippen LogP) is 3.19. The fourth-order valence-electron chi connectivity index (χ4n) is 2.86. The summed E-state index contributed by atoms with van der Waals surface area (Å²) in [5, 5.41) is 3.65. The van der Waals surface area contributed by atoms with Crippen molar-refractivity contribution in [2.45, 2.75) is 76.0 Å². The van der Waals surface area contributed by atoms with Gasteiger partial charge in [0.1, 0.15) is 6.17 Å². The van der Waals surface area contributed by atoms with Crippen LogP contribution in [0.5, 0.6) is 0 Å². The number of alkyl halides is 1. The molecule has 2 unspecified atom stereocenters. The van der Waals surface area contributed by atoms with Crippen molar-refractivity contribution in [3.05, 3.63) is 0 Å². The van der Waals surface area contributed by atoms with E-state index in [4.69, 9.17) is 0 Å². The smallest absolute Gasteiger partial charge is 0.102 e. The molecule has 2 fully saturated rings. The molecule has 0 aromatic heterocycles. The molecule has 1 N–H and O–H groups in total. The van der Waals surface area contributed by atoms with Crippen LogP contribution in [0.1, 0.15) is 57.8 Å². The van der Waals surface area contributed by atoms with Gasteiger partial charge in [-0.1, -0.05) is 25.7 Å². The SMILES string of the molecule is FC1CCC(NC2CCCCCC2)C1. The van der Waals surface area contributed by atoms with Gasteiger partial charge in [-0.3, -0.25) is 0 Å². The molecule has 0 amide bonds. The molecule has 82 valence electrons. The highest BCUT2D eigenvalue weighted by molar-refractivity contribution is 4.84. The van der Waals surface area contributed by atoms with Gasteiger partial charge < -0.3 is 5.32 Å². The van der Waals surface area contributed by atoms with Crippen LogP contribution in [0.15, 0.2) is 0 Å². The Morgan fingerprint density at radius 3 is 2.07 bits per heavy atom. The van der Waals surface area contributed by atoms with Gasteiger partial charge in [0.05, 0.1) is 0 Å². The molecule has 2 aliphatic carbocycles. The average Bonchev–Trinajstić information content (AvgIpc) is 2.43. The molecule has 0 bridgehead atoms. The van der Waals surface area contributed by atoms with Crippen LogP contribution in [0.2, 0.25) is 0 Å². The first-order valence-corrected chi connectivity index (χ1v) is 6.25. The number of hydrogen-bond acceptors (Lipinski definition) is 1. The number of halogens is 1. The van der Waals surface area contributed by atoms with Crippen molar-refractivity contribution in [2.75, 3.05) is 0 Å². The van der Waals surface area contributed by atoms with E-state index in [2.05, 4.69) is 5.32 Å². The average molecular weight is 199 g/mol. The van der Waals surface area contributed by atoms with Crippen molar-refractivity contribution in [3.63, 3.8) is 0 Å². The summed E-state index contributed by atoms with van der Waals surface area (Å²) in [7, 11) is 0. The van der Waals surface area contributed by atoms with Gasteiger partial charge in [0.25, 0.3) is 0 Å². The van der Waals surface area contributed by atoms with E-state index in [9.17, 15) is 4.39 Å². The van der Waals surface area contributed by atoms with Crippen molar-refractivity contribution in [1.29, 1.82) is 0 Å². The Balaban J connectivity index is 1.72. The highest BCUT2D eigenvalue weighted by atomic mass is 19.1. The molecule has 14 heavy (non-hydrogen) atoms. The lowest BCUT2D eigenvalue weighted by Gasteiger charge is -2.21. The molecule has 2 rings (SSSR count). The summed E-state index contributed by atoms with van der Waals surface area (Å²) in [5.41, 5.74) is 0. The Labute approximate surface area is 86.5 Å². The monoisotopic (exact) mass is 199 g/mol. The van der Waals surface area contributed by atoms with Crippen LogP contribution < -0.4 is 5.32 Å². The van der Waals surface area contributed by atoms with Crippen LogP contribution >= 0.6 is 0 Å². The van der Waals surface area contributed by atoms with Crippen LogP contribution in [0, 0.1) is 0 Å². The topological polar surface area (TPSA) is 12.0 Å². The highest BCUT2D eigenvalue weighted by Crippen LogP contribution is 2.24. The first-order valence-electron chi connectivity index (χ1n) is 6.25. The quantitative estimate of drug-likeness (QED) is 0.673. The first kappa shape index (κ1) is 10.4. The molecule has 0 saturated heterocycles. The molecule has 0 aliphatic heterocycles. The summed E-state index contributed by atoms with van der Waals surface area (Å²) >= 11 is 0. The summed E-state index contributed by atoms with van der Waals surface area (Å²) in [6, 6.07) is 1.17. The molecule has 0 radical (unpaired) electrons. The van der Waals surface area contributed by atoms with Gasteiger partial charge >= 0.3 is 0 Å². The van der Waals surface area contributed by atoms with Crippen LogP contribution in [-0.2, 0) is 0 Å². The van der Waals surface area contributed by atoms with Crippen LogP contribution in [-0.4, -0.2) is 18.3 Å². The maximum Gasteiger partial charge on any atom is 0.102 e. The molecule has 0 aromatic rings. The molecule has 1 nitrogen and oxygen atoms in total. The van der Waals surface area contributed by atoms with E-state index in [1.165, 1.54) is 38.5 Å². The summed E-state index contributed by atoms with van der Waals surface area (Å²) in [5.74, 6) is 0. The van der Waals surface area contributed by atoms with E-state index in [0.717, 1.165) is 19.3 Å². The number of rotatable bonds is 2. The molecule has 2 heteroatoms. The van der Waals surface area contributed by atoms with Crippen LogP contribution in [0.25, 0.3) is 0 Å². The van der Waals surface area contributed by atoms with E-state index in [1.54, 1.807) is 0 Å². The Hall–Kier alpha value is -0.110. The zero-order valence-electron chi connectivity index (χ0n) is 8.97. The van der Waals surface area contributed by atoms with Crippen molar-refractivity contribution in [2.24, 2.45) is 0 Å². The Morgan fingerprint density at radius 2 is 1.50 bits per heavy atom. The lowest BCUT2D eigenvalue weighted by Crippen LogP contribution is -2.36. The van der Waals surface area contributed by atoms with Gasteiger partial charge in [-0.05, 0) is 32.1 Å². The van der Waals surface area contributed by atoms with E-state index in [-0.39, 0.29) is 0 Å². The second kappa shape index (κ2) is 5.11. The van der Waals surface area contributed by atoms with Gasteiger partial charge in [-0.15, -0.1) is 0 Å². The summed E-state index contributed by atoms with van der Waals surface area (Å²) in [4.78, 5) is 0. The number of hydrogen-bond donors (Lipinski definition) is 1. The molecule has 0 heterocycles. The second-order valence-electron chi connectivity index (χ2n) is 4.96. The van der Waals surface area contributed by atoms with E-state index in [0.29, 0.717) is 12.1 Å². The van der Waals surface area contributed by atoms with E-state index >= 15 is 0 Å². The molecular weight excluding hydrogens is 177 g/mol.